The van der Waals surface area contributed by atoms with Crippen LogP contribution in [0, 0.1) is 6.92 Å². The van der Waals surface area contributed by atoms with Gasteiger partial charge in [0.2, 0.25) is 17.7 Å². The van der Waals surface area contributed by atoms with Gasteiger partial charge in [-0.2, -0.15) is 0 Å². The van der Waals surface area contributed by atoms with Crippen molar-refractivity contribution < 1.29 is 24.3 Å². The quantitative estimate of drug-likeness (QED) is 0.558. The molecule has 222 valence electrons. The lowest BCUT2D eigenvalue weighted by molar-refractivity contribution is -0.153. The van der Waals surface area contributed by atoms with Gasteiger partial charge >= 0.3 is 5.97 Å². The highest BCUT2D eigenvalue weighted by Gasteiger charge is 2.47. The number of aryl methyl sites for hydroxylation is 1. The van der Waals surface area contributed by atoms with E-state index in [-0.39, 0.29) is 23.8 Å². The third-order valence-electron chi connectivity index (χ3n) is 9.25. The molecular weight excluding hydrogens is 536 g/mol. The molecule has 3 amide bonds. The molecule has 4 aliphatic rings. The zero-order valence-corrected chi connectivity index (χ0v) is 24.0. The second kappa shape index (κ2) is 11.7. The summed E-state index contributed by atoms with van der Waals surface area (Å²) < 4.78 is 0. The molecule has 4 fully saturated rings. The van der Waals surface area contributed by atoms with Gasteiger partial charge < -0.3 is 24.7 Å². The molecule has 0 saturated carbocycles. The van der Waals surface area contributed by atoms with Crippen molar-refractivity contribution in [2.75, 3.05) is 31.1 Å². The molecule has 6 heterocycles. The minimum absolute atomic E-state index is 0.0528. The summed E-state index contributed by atoms with van der Waals surface area (Å²) in [5.74, 6) is -1.52. The summed E-state index contributed by atoms with van der Waals surface area (Å²) in [4.78, 5) is 69.0. The van der Waals surface area contributed by atoms with E-state index >= 15 is 0 Å². The predicted molar refractivity (Wildman–Crippen MR) is 154 cm³/mol. The lowest BCUT2D eigenvalue weighted by Gasteiger charge is -2.35. The van der Waals surface area contributed by atoms with Crippen LogP contribution in [0.25, 0.3) is 11.4 Å². The number of carbonyl (C=O) groups excluding carboxylic acids is 3. The Hall–Kier alpha value is -4.02. The molecule has 0 aliphatic carbocycles. The van der Waals surface area contributed by atoms with Crippen LogP contribution in [-0.2, 0) is 19.2 Å². The average molecular weight is 575 g/mol. The molecule has 6 rings (SSSR count). The third-order valence-corrected chi connectivity index (χ3v) is 9.25. The van der Waals surface area contributed by atoms with Gasteiger partial charge in [0.05, 0.1) is 11.4 Å². The van der Waals surface area contributed by atoms with E-state index in [1.54, 1.807) is 22.2 Å². The van der Waals surface area contributed by atoms with E-state index in [2.05, 4.69) is 14.9 Å². The molecule has 2 aromatic rings. The standard InChI is InChI=1S/C31H38N6O5/c1-20-10-12-32-22(18-20)23-19-21(11-13-33-23)34-14-2-6-24(34)28(38)35-15-3-7-25(35)29(39)36-16-4-8-26(36)30(40)37-17-5-9-27(37)31(41)42/h10-13,18-19,24-27H,2-9,14-17H2,1H3,(H,41,42)/t24-,25-,26-,27-/m0/s1. The molecule has 4 aliphatic heterocycles. The molecule has 1 N–H and O–H groups in total. The number of aliphatic carboxylic acids is 1. The van der Waals surface area contributed by atoms with Crippen LogP contribution in [0.3, 0.4) is 0 Å². The number of hydrogen-bond acceptors (Lipinski definition) is 7. The van der Waals surface area contributed by atoms with Crippen molar-refractivity contribution in [1.82, 2.24) is 24.7 Å². The van der Waals surface area contributed by atoms with E-state index in [9.17, 15) is 24.3 Å². The molecule has 0 radical (unpaired) electrons. The molecule has 0 aromatic carbocycles. The Morgan fingerprint density at radius 2 is 1.14 bits per heavy atom. The van der Waals surface area contributed by atoms with E-state index in [1.807, 2.05) is 31.2 Å². The fourth-order valence-corrected chi connectivity index (χ4v) is 7.18. The Balaban J connectivity index is 1.18. The van der Waals surface area contributed by atoms with Gasteiger partial charge in [0, 0.05) is 44.3 Å². The molecule has 11 nitrogen and oxygen atoms in total. The van der Waals surface area contributed by atoms with Crippen LogP contribution in [0.2, 0.25) is 0 Å². The fraction of sp³-hybridized carbons (Fsp3) is 0.548. The van der Waals surface area contributed by atoms with Crippen LogP contribution in [-0.4, -0.2) is 104 Å². The first kappa shape index (κ1) is 28.1. The SMILES string of the molecule is Cc1ccnc(-c2cc(N3CCC[C@H]3C(=O)N3CCC[C@H]3C(=O)N3CCC[C@H]3C(=O)N3CCC[C@H]3C(=O)O)ccn2)c1. The van der Waals surface area contributed by atoms with Gasteiger partial charge in [-0.25, -0.2) is 4.79 Å². The van der Waals surface area contributed by atoms with Crippen LogP contribution in [0.1, 0.15) is 56.9 Å². The van der Waals surface area contributed by atoms with Crippen molar-refractivity contribution in [2.45, 2.75) is 82.5 Å². The van der Waals surface area contributed by atoms with E-state index in [4.69, 9.17) is 0 Å². The zero-order chi connectivity index (χ0) is 29.4. The van der Waals surface area contributed by atoms with Crippen molar-refractivity contribution >= 4 is 29.4 Å². The van der Waals surface area contributed by atoms with E-state index < -0.39 is 24.1 Å². The highest BCUT2D eigenvalue weighted by Crippen LogP contribution is 2.33. The lowest BCUT2D eigenvalue weighted by Crippen LogP contribution is -2.56. The zero-order valence-electron chi connectivity index (χ0n) is 24.0. The smallest absolute Gasteiger partial charge is 0.326 e. The minimum atomic E-state index is -0.998. The molecule has 0 spiro atoms. The van der Waals surface area contributed by atoms with Crippen LogP contribution < -0.4 is 4.90 Å². The molecule has 4 atom stereocenters. The monoisotopic (exact) mass is 574 g/mol. The molecular formula is C31H38N6O5. The van der Waals surface area contributed by atoms with Crippen molar-refractivity contribution in [3.63, 3.8) is 0 Å². The summed E-state index contributed by atoms with van der Waals surface area (Å²) in [7, 11) is 0. The van der Waals surface area contributed by atoms with E-state index in [0.717, 1.165) is 42.0 Å². The molecule has 0 bridgehead atoms. The average Bonchev–Trinajstić information content (AvgIpc) is 3.81. The number of anilines is 1. The van der Waals surface area contributed by atoms with Gasteiger partial charge in [0.15, 0.2) is 0 Å². The normalized spacial score (nSPS) is 25.8. The summed E-state index contributed by atoms with van der Waals surface area (Å²) >= 11 is 0. The Bertz CT molecular complexity index is 1380. The van der Waals surface area contributed by atoms with Crippen LogP contribution in [0.5, 0.6) is 0 Å². The number of rotatable bonds is 6. The summed E-state index contributed by atoms with van der Waals surface area (Å²) in [5.41, 5.74) is 3.53. The Morgan fingerprint density at radius 1 is 0.667 bits per heavy atom. The van der Waals surface area contributed by atoms with E-state index in [0.29, 0.717) is 58.2 Å². The van der Waals surface area contributed by atoms with E-state index in [1.165, 1.54) is 4.90 Å². The first-order chi connectivity index (χ1) is 20.3. The largest absolute Gasteiger partial charge is 0.480 e. The maximum Gasteiger partial charge on any atom is 0.326 e. The first-order valence-corrected chi connectivity index (χ1v) is 15.1. The van der Waals surface area contributed by atoms with Gasteiger partial charge in [-0.05, 0) is 88.1 Å². The number of hydrogen-bond donors (Lipinski definition) is 1. The van der Waals surface area contributed by atoms with Crippen molar-refractivity contribution in [3.05, 3.63) is 42.2 Å². The fourth-order valence-electron chi connectivity index (χ4n) is 7.18. The number of aromatic nitrogens is 2. The second-order valence-corrected chi connectivity index (χ2v) is 11.9. The molecule has 11 heteroatoms. The Morgan fingerprint density at radius 3 is 1.74 bits per heavy atom. The van der Waals surface area contributed by atoms with Gasteiger partial charge in [-0.3, -0.25) is 24.4 Å². The second-order valence-electron chi connectivity index (χ2n) is 11.9. The van der Waals surface area contributed by atoms with Gasteiger partial charge in [0.25, 0.3) is 0 Å². The summed E-state index contributed by atoms with van der Waals surface area (Å²) in [6, 6.07) is 5.34. The van der Waals surface area contributed by atoms with Gasteiger partial charge in [-0.15, -0.1) is 0 Å². The summed E-state index contributed by atoms with van der Waals surface area (Å²) in [6.45, 7) is 4.10. The highest BCUT2D eigenvalue weighted by atomic mass is 16.4. The maximum atomic E-state index is 14.0. The number of amides is 3. The van der Waals surface area contributed by atoms with Crippen molar-refractivity contribution in [1.29, 1.82) is 0 Å². The Labute approximate surface area is 245 Å². The summed E-state index contributed by atoms with van der Waals surface area (Å²) in [6.07, 6.45) is 8.66. The van der Waals surface area contributed by atoms with Crippen LogP contribution >= 0.6 is 0 Å². The molecule has 42 heavy (non-hydrogen) atoms. The third kappa shape index (κ3) is 5.20. The van der Waals surface area contributed by atoms with Crippen molar-refractivity contribution in [3.8, 4) is 11.4 Å². The Kier molecular flexibility index (Phi) is 7.83. The van der Waals surface area contributed by atoms with Crippen molar-refractivity contribution in [2.24, 2.45) is 0 Å². The summed E-state index contributed by atoms with van der Waals surface area (Å²) in [5, 5.41) is 9.58. The number of pyridine rings is 2. The number of likely N-dealkylation sites (tertiary alicyclic amines) is 3. The highest BCUT2D eigenvalue weighted by molar-refractivity contribution is 5.96. The molecule has 4 saturated heterocycles. The van der Waals surface area contributed by atoms with Crippen LogP contribution in [0.15, 0.2) is 36.7 Å². The molecule has 2 aromatic heterocycles. The lowest BCUT2D eigenvalue weighted by atomic mass is 10.1. The topological polar surface area (TPSA) is 127 Å². The number of carboxylic acids is 1. The van der Waals surface area contributed by atoms with Crippen LogP contribution in [0.4, 0.5) is 5.69 Å². The maximum absolute atomic E-state index is 14.0. The first-order valence-electron chi connectivity index (χ1n) is 15.1. The molecule has 0 unspecified atom stereocenters. The number of carboxylic acid groups (broad SMARTS) is 1. The van der Waals surface area contributed by atoms with Gasteiger partial charge in [-0.1, -0.05) is 0 Å². The number of carbonyl (C=O) groups is 4. The van der Waals surface area contributed by atoms with Gasteiger partial charge in [0.1, 0.15) is 24.2 Å². The number of nitrogens with zero attached hydrogens (tertiary/aromatic N) is 6. The minimum Gasteiger partial charge on any atom is -0.480 e. The predicted octanol–water partition coefficient (Wildman–Crippen LogP) is 2.48.